The summed E-state index contributed by atoms with van der Waals surface area (Å²) < 4.78 is 0. The molecule has 0 spiro atoms. The van der Waals surface area contributed by atoms with Crippen LogP contribution in [0.4, 0.5) is 0 Å². The molecule has 0 saturated heterocycles. The highest BCUT2D eigenvalue weighted by molar-refractivity contribution is 5.80. The van der Waals surface area contributed by atoms with Gasteiger partial charge in [-0.2, -0.15) is 0 Å². The average molecular weight is 323 g/mol. The van der Waals surface area contributed by atoms with Gasteiger partial charge in [-0.3, -0.25) is 9.59 Å². The smallest absolute Gasteiger partial charge is 0.225 e. The summed E-state index contributed by atoms with van der Waals surface area (Å²) in [4.78, 5) is 24.2. The topological polar surface area (TPSA) is 84.2 Å². The maximum Gasteiger partial charge on any atom is 0.225 e. The van der Waals surface area contributed by atoms with Crippen molar-refractivity contribution >= 4 is 11.8 Å². The molecule has 23 heavy (non-hydrogen) atoms. The Labute approximate surface area is 140 Å². The van der Waals surface area contributed by atoms with Crippen LogP contribution in [0.2, 0.25) is 0 Å². The predicted octanol–water partition coefficient (Wildman–Crippen LogP) is 2.10. The first-order valence-corrected chi connectivity index (χ1v) is 9.32. The summed E-state index contributed by atoms with van der Waals surface area (Å²) in [5.74, 6) is 0.608. The molecule has 5 heteroatoms. The van der Waals surface area contributed by atoms with Gasteiger partial charge in [0, 0.05) is 25.0 Å². The number of amides is 2. The zero-order valence-corrected chi connectivity index (χ0v) is 14.5. The molecule has 0 radical (unpaired) electrons. The van der Waals surface area contributed by atoms with E-state index in [0.29, 0.717) is 25.4 Å². The van der Waals surface area contributed by atoms with Crippen LogP contribution in [0.1, 0.15) is 71.1 Å². The zero-order valence-electron chi connectivity index (χ0n) is 14.5. The third-order valence-electron chi connectivity index (χ3n) is 5.52. The molecule has 2 saturated carbocycles. The van der Waals surface area contributed by atoms with Crippen LogP contribution in [-0.4, -0.2) is 30.4 Å². The highest BCUT2D eigenvalue weighted by atomic mass is 16.2. The lowest BCUT2D eigenvalue weighted by atomic mass is 9.74. The van der Waals surface area contributed by atoms with Crippen LogP contribution in [0, 0.1) is 11.8 Å². The normalized spacial score (nSPS) is 29.0. The fourth-order valence-electron chi connectivity index (χ4n) is 4.03. The number of hydrogen-bond acceptors (Lipinski definition) is 3. The van der Waals surface area contributed by atoms with Gasteiger partial charge in [-0.1, -0.05) is 32.1 Å². The minimum Gasteiger partial charge on any atom is -0.354 e. The molecule has 2 atom stereocenters. The first-order valence-electron chi connectivity index (χ1n) is 9.32. The van der Waals surface area contributed by atoms with Crippen LogP contribution >= 0.6 is 0 Å². The standard InChI is InChI=1S/C18H33N3O2/c1-18(19)10-6-5-9-15(18)17(23)21-12-11-20-16(22)13-14-7-3-2-4-8-14/h14-15H,2-13,19H2,1H3,(H,20,22)(H,21,23). The van der Waals surface area contributed by atoms with Gasteiger partial charge in [0.15, 0.2) is 0 Å². The predicted molar refractivity (Wildman–Crippen MR) is 91.8 cm³/mol. The van der Waals surface area contributed by atoms with Crippen molar-refractivity contribution in [3.05, 3.63) is 0 Å². The largest absolute Gasteiger partial charge is 0.354 e. The molecule has 0 aromatic heterocycles. The Morgan fingerprint density at radius 1 is 1.00 bits per heavy atom. The molecular weight excluding hydrogens is 290 g/mol. The van der Waals surface area contributed by atoms with E-state index in [4.69, 9.17) is 5.73 Å². The highest BCUT2D eigenvalue weighted by Crippen LogP contribution is 2.31. The molecule has 0 aromatic rings. The summed E-state index contributed by atoms with van der Waals surface area (Å²) in [6.07, 6.45) is 10.8. The fourth-order valence-corrected chi connectivity index (χ4v) is 4.03. The number of nitrogens with two attached hydrogens (primary N) is 1. The molecule has 2 aliphatic rings. The van der Waals surface area contributed by atoms with Gasteiger partial charge in [-0.15, -0.1) is 0 Å². The second-order valence-electron chi connectivity index (χ2n) is 7.65. The van der Waals surface area contributed by atoms with Gasteiger partial charge in [-0.25, -0.2) is 0 Å². The maximum atomic E-state index is 12.3. The SMILES string of the molecule is CC1(N)CCCCC1C(=O)NCCNC(=O)CC1CCCCC1. The minimum absolute atomic E-state index is 0.0382. The van der Waals surface area contributed by atoms with Crippen molar-refractivity contribution in [2.45, 2.75) is 76.7 Å². The fraction of sp³-hybridized carbons (Fsp3) is 0.889. The molecule has 2 unspecified atom stereocenters. The van der Waals surface area contributed by atoms with E-state index in [2.05, 4.69) is 10.6 Å². The lowest BCUT2D eigenvalue weighted by Crippen LogP contribution is -2.53. The summed E-state index contributed by atoms with van der Waals surface area (Å²) in [5, 5.41) is 5.86. The van der Waals surface area contributed by atoms with Gasteiger partial charge in [0.2, 0.25) is 11.8 Å². The third kappa shape index (κ3) is 5.79. The quantitative estimate of drug-likeness (QED) is 0.654. The van der Waals surface area contributed by atoms with Crippen molar-refractivity contribution in [2.75, 3.05) is 13.1 Å². The molecule has 0 heterocycles. The minimum atomic E-state index is -0.396. The first kappa shape index (κ1) is 18.2. The third-order valence-corrected chi connectivity index (χ3v) is 5.52. The lowest BCUT2D eigenvalue weighted by molar-refractivity contribution is -0.128. The van der Waals surface area contributed by atoms with E-state index in [0.717, 1.165) is 25.7 Å². The van der Waals surface area contributed by atoms with E-state index in [-0.39, 0.29) is 17.7 Å². The first-order chi connectivity index (χ1) is 11.0. The Hall–Kier alpha value is -1.10. The summed E-state index contributed by atoms with van der Waals surface area (Å²) in [5.41, 5.74) is 5.85. The molecule has 5 nitrogen and oxygen atoms in total. The molecule has 0 aromatic carbocycles. The molecule has 0 aliphatic heterocycles. The highest BCUT2D eigenvalue weighted by Gasteiger charge is 2.37. The molecule has 132 valence electrons. The molecule has 2 fully saturated rings. The van der Waals surface area contributed by atoms with Crippen LogP contribution in [0.3, 0.4) is 0 Å². The van der Waals surface area contributed by atoms with Gasteiger partial charge in [-0.05, 0) is 38.5 Å². The number of rotatable bonds is 6. The van der Waals surface area contributed by atoms with E-state index < -0.39 is 5.54 Å². The number of carbonyl (C=O) groups is 2. The molecule has 2 aliphatic carbocycles. The summed E-state index contributed by atoms with van der Waals surface area (Å²) in [7, 11) is 0. The molecule has 2 amide bonds. The van der Waals surface area contributed by atoms with Crippen LogP contribution in [0.5, 0.6) is 0 Å². The molecular formula is C18H33N3O2. The van der Waals surface area contributed by atoms with Gasteiger partial charge in [0.25, 0.3) is 0 Å². The molecule has 2 rings (SSSR count). The van der Waals surface area contributed by atoms with Crippen LogP contribution < -0.4 is 16.4 Å². The van der Waals surface area contributed by atoms with Gasteiger partial charge >= 0.3 is 0 Å². The second-order valence-corrected chi connectivity index (χ2v) is 7.65. The summed E-state index contributed by atoms with van der Waals surface area (Å²) in [6.45, 7) is 2.97. The number of hydrogen-bond donors (Lipinski definition) is 3. The van der Waals surface area contributed by atoms with Crippen molar-refractivity contribution in [1.29, 1.82) is 0 Å². The van der Waals surface area contributed by atoms with Crippen molar-refractivity contribution in [2.24, 2.45) is 17.6 Å². The van der Waals surface area contributed by atoms with Crippen LogP contribution in [-0.2, 0) is 9.59 Å². The monoisotopic (exact) mass is 323 g/mol. The Kier molecular flexibility index (Phi) is 6.88. The van der Waals surface area contributed by atoms with Gasteiger partial charge in [0.05, 0.1) is 5.92 Å². The van der Waals surface area contributed by atoms with Gasteiger partial charge < -0.3 is 16.4 Å². The van der Waals surface area contributed by atoms with Crippen molar-refractivity contribution < 1.29 is 9.59 Å². The van der Waals surface area contributed by atoms with Crippen molar-refractivity contribution in [1.82, 2.24) is 10.6 Å². The molecule has 4 N–H and O–H groups in total. The van der Waals surface area contributed by atoms with Crippen molar-refractivity contribution in [3.63, 3.8) is 0 Å². The van der Waals surface area contributed by atoms with Crippen molar-refractivity contribution in [3.8, 4) is 0 Å². The Bertz CT molecular complexity index is 403. The van der Waals surface area contributed by atoms with E-state index >= 15 is 0 Å². The molecule has 0 bridgehead atoms. The zero-order chi connectivity index (χ0) is 16.7. The van der Waals surface area contributed by atoms with E-state index in [1.165, 1.54) is 32.1 Å². The van der Waals surface area contributed by atoms with Crippen LogP contribution in [0.15, 0.2) is 0 Å². The van der Waals surface area contributed by atoms with E-state index in [1.54, 1.807) is 0 Å². The number of nitrogens with one attached hydrogen (secondary N) is 2. The Balaban J connectivity index is 1.60. The second kappa shape index (κ2) is 8.67. The van der Waals surface area contributed by atoms with E-state index in [1.807, 2.05) is 6.92 Å². The Morgan fingerprint density at radius 2 is 1.65 bits per heavy atom. The summed E-state index contributed by atoms with van der Waals surface area (Å²) in [6, 6.07) is 0. The maximum absolute atomic E-state index is 12.3. The Morgan fingerprint density at radius 3 is 2.35 bits per heavy atom. The van der Waals surface area contributed by atoms with Crippen LogP contribution in [0.25, 0.3) is 0 Å². The lowest BCUT2D eigenvalue weighted by Gasteiger charge is -2.37. The average Bonchev–Trinajstić information content (AvgIpc) is 2.52. The van der Waals surface area contributed by atoms with E-state index in [9.17, 15) is 9.59 Å². The number of carbonyl (C=O) groups excluding carboxylic acids is 2. The summed E-state index contributed by atoms with van der Waals surface area (Å²) >= 11 is 0. The van der Waals surface area contributed by atoms with Gasteiger partial charge in [0.1, 0.15) is 0 Å².